The smallest absolute Gasteiger partial charge is 0.0821 e. The third-order valence-electron chi connectivity index (χ3n) is 6.98. The molecule has 1 nitrogen and oxygen atoms in total. The second-order valence-corrected chi connectivity index (χ2v) is 8.20. The predicted molar refractivity (Wildman–Crippen MR) is 99.5 cm³/mol. The molecule has 0 spiro atoms. The second-order valence-electron chi connectivity index (χ2n) is 8.20. The van der Waals surface area contributed by atoms with Gasteiger partial charge in [-0.2, -0.15) is 0 Å². The quantitative estimate of drug-likeness (QED) is 0.796. The Balaban J connectivity index is 2.00. The summed E-state index contributed by atoms with van der Waals surface area (Å²) in [7, 11) is 0. The van der Waals surface area contributed by atoms with E-state index in [1.165, 1.54) is 28.7 Å². The number of hydrogen-bond acceptors (Lipinski definition) is 1. The van der Waals surface area contributed by atoms with Gasteiger partial charge in [-0.15, -0.1) is 0 Å². The molecule has 0 radical (unpaired) electrons. The summed E-state index contributed by atoms with van der Waals surface area (Å²) in [5, 5.41) is 11.3. The molecule has 0 aliphatic heterocycles. The standard InChI is InChI=1S/C23H26O/c1-22(2)18-14-15-23(22,3)21(24)20(18)19(16-10-6-4-7-11-16)17-12-8-5-9-13-17/h4-13,18,21,24H,14-15H2,1-3H3/t18-,21-,23+/m1/s1. The van der Waals surface area contributed by atoms with E-state index in [-0.39, 0.29) is 16.9 Å². The first-order valence-electron chi connectivity index (χ1n) is 9.00. The molecular formula is C23H26O. The molecule has 0 saturated heterocycles. The van der Waals surface area contributed by atoms with Gasteiger partial charge < -0.3 is 5.11 Å². The molecule has 1 heteroatoms. The maximum absolute atomic E-state index is 11.3. The van der Waals surface area contributed by atoms with Crippen molar-refractivity contribution in [3.8, 4) is 0 Å². The lowest BCUT2D eigenvalue weighted by Gasteiger charge is -2.36. The molecular weight excluding hydrogens is 292 g/mol. The third-order valence-corrected chi connectivity index (χ3v) is 6.98. The molecule has 2 bridgehead atoms. The van der Waals surface area contributed by atoms with E-state index in [4.69, 9.17) is 0 Å². The second kappa shape index (κ2) is 5.32. The van der Waals surface area contributed by atoms with Crippen LogP contribution in [0.1, 0.15) is 44.7 Å². The van der Waals surface area contributed by atoms with Crippen molar-refractivity contribution < 1.29 is 5.11 Å². The number of rotatable bonds is 2. The van der Waals surface area contributed by atoms with Crippen molar-refractivity contribution in [2.24, 2.45) is 16.7 Å². The maximum Gasteiger partial charge on any atom is 0.0821 e. The van der Waals surface area contributed by atoms with Gasteiger partial charge in [0.2, 0.25) is 0 Å². The van der Waals surface area contributed by atoms with E-state index < -0.39 is 0 Å². The van der Waals surface area contributed by atoms with Crippen molar-refractivity contribution >= 4 is 5.57 Å². The van der Waals surface area contributed by atoms with Gasteiger partial charge >= 0.3 is 0 Å². The summed E-state index contributed by atoms with van der Waals surface area (Å²) < 4.78 is 0. The first-order valence-corrected chi connectivity index (χ1v) is 9.00. The fourth-order valence-electron chi connectivity index (χ4n) is 5.11. The summed E-state index contributed by atoms with van der Waals surface area (Å²) >= 11 is 0. The fourth-order valence-corrected chi connectivity index (χ4v) is 5.11. The molecule has 124 valence electrons. The van der Waals surface area contributed by atoms with Gasteiger partial charge in [0.1, 0.15) is 0 Å². The van der Waals surface area contributed by atoms with Crippen LogP contribution in [0.25, 0.3) is 5.57 Å². The minimum atomic E-state index is -0.360. The minimum absolute atomic E-state index is 0.0260. The molecule has 2 saturated carbocycles. The summed E-state index contributed by atoms with van der Waals surface area (Å²) in [6.07, 6.45) is 1.94. The molecule has 2 aliphatic rings. The van der Waals surface area contributed by atoms with Gasteiger partial charge in [-0.05, 0) is 46.4 Å². The highest BCUT2D eigenvalue weighted by molar-refractivity contribution is 5.83. The Morgan fingerprint density at radius 1 is 0.875 bits per heavy atom. The number of aliphatic hydroxyl groups is 1. The lowest BCUT2D eigenvalue weighted by atomic mass is 9.70. The number of aliphatic hydroxyl groups excluding tert-OH is 1. The Bertz CT molecular complexity index is 731. The van der Waals surface area contributed by atoms with E-state index in [1.807, 2.05) is 0 Å². The average Bonchev–Trinajstić information content (AvgIpc) is 2.91. The molecule has 1 N–H and O–H groups in total. The van der Waals surface area contributed by atoms with Gasteiger partial charge in [0.15, 0.2) is 0 Å². The Morgan fingerprint density at radius 2 is 1.38 bits per heavy atom. The van der Waals surface area contributed by atoms with Gasteiger partial charge in [0.25, 0.3) is 0 Å². The van der Waals surface area contributed by atoms with E-state index in [1.54, 1.807) is 0 Å². The van der Waals surface area contributed by atoms with E-state index in [9.17, 15) is 5.11 Å². The van der Waals surface area contributed by atoms with E-state index in [0.717, 1.165) is 6.42 Å². The molecule has 2 aromatic rings. The van der Waals surface area contributed by atoms with Crippen LogP contribution in [0.5, 0.6) is 0 Å². The monoisotopic (exact) mass is 318 g/mol. The van der Waals surface area contributed by atoms with Crippen molar-refractivity contribution in [2.45, 2.75) is 39.7 Å². The summed E-state index contributed by atoms with van der Waals surface area (Å²) in [4.78, 5) is 0. The molecule has 24 heavy (non-hydrogen) atoms. The minimum Gasteiger partial charge on any atom is -0.388 e. The molecule has 0 unspecified atom stereocenters. The molecule has 0 aromatic heterocycles. The Morgan fingerprint density at radius 3 is 1.79 bits per heavy atom. The number of fused-ring (bicyclic) bond motifs is 2. The van der Waals surface area contributed by atoms with Crippen molar-refractivity contribution in [1.29, 1.82) is 0 Å². The van der Waals surface area contributed by atoms with Gasteiger partial charge in [0, 0.05) is 5.41 Å². The van der Waals surface area contributed by atoms with Crippen LogP contribution in [0.3, 0.4) is 0 Å². The maximum atomic E-state index is 11.3. The summed E-state index contributed by atoms with van der Waals surface area (Å²) in [6, 6.07) is 21.1. The summed E-state index contributed by atoms with van der Waals surface area (Å²) in [5.74, 6) is 0.452. The van der Waals surface area contributed by atoms with Crippen LogP contribution >= 0.6 is 0 Å². The van der Waals surface area contributed by atoms with Gasteiger partial charge in [-0.25, -0.2) is 0 Å². The Kier molecular flexibility index (Phi) is 3.47. The van der Waals surface area contributed by atoms with Crippen LogP contribution in [0.2, 0.25) is 0 Å². The van der Waals surface area contributed by atoms with Gasteiger partial charge in [0.05, 0.1) is 6.10 Å². The van der Waals surface area contributed by atoms with Crippen LogP contribution < -0.4 is 0 Å². The molecule has 0 amide bonds. The van der Waals surface area contributed by atoms with Crippen LogP contribution in [0, 0.1) is 16.7 Å². The first kappa shape index (κ1) is 15.7. The molecule has 4 rings (SSSR count). The van der Waals surface area contributed by atoms with Crippen molar-refractivity contribution in [2.75, 3.05) is 0 Å². The van der Waals surface area contributed by atoms with Crippen molar-refractivity contribution in [3.05, 3.63) is 77.4 Å². The predicted octanol–water partition coefficient (Wildman–Crippen LogP) is 5.31. The molecule has 2 aliphatic carbocycles. The molecule has 2 fully saturated rings. The lowest BCUT2D eigenvalue weighted by molar-refractivity contribution is 0.0263. The number of benzene rings is 2. The number of hydrogen-bond donors (Lipinski definition) is 1. The molecule has 0 heterocycles. The first-order chi connectivity index (χ1) is 11.5. The van der Waals surface area contributed by atoms with E-state index >= 15 is 0 Å². The van der Waals surface area contributed by atoms with Crippen molar-refractivity contribution in [3.63, 3.8) is 0 Å². The lowest BCUT2D eigenvalue weighted by Crippen LogP contribution is -2.35. The molecule has 2 aromatic carbocycles. The topological polar surface area (TPSA) is 20.2 Å². The Hall–Kier alpha value is -1.86. The largest absolute Gasteiger partial charge is 0.388 e. The Labute approximate surface area is 145 Å². The highest BCUT2D eigenvalue weighted by Gasteiger charge is 2.64. The fraction of sp³-hybridized carbons (Fsp3) is 0.391. The third kappa shape index (κ3) is 1.97. The van der Waals surface area contributed by atoms with Crippen LogP contribution in [0.15, 0.2) is 66.2 Å². The highest BCUT2D eigenvalue weighted by Crippen LogP contribution is 2.68. The normalized spacial score (nSPS) is 30.6. The zero-order valence-corrected chi connectivity index (χ0v) is 14.8. The van der Waals surface area contributed by atoms with Gasteiger partial charge in [-0.1, -0.05) is 81.4 Å². The van der Waals surface area contributed by atoms with Gasteiger partial charge in [-0.3, -0.25) is 0 Å². The summed E-state index contributed by atoms with van der Waals surface area (Å²) in [5.41, 5.74) is 5.03. The SMILES string of the molecule is CC1(C)[C@@H]2CC[C@@]1(C)[C@H](O)C2=C(c1ccccc1)c1ccccc1. The average molecular weight is 318 g/mol. The van der Waals surface area contributed by atoms with Crippen LogP contribution in [0.4, 0.5) is 0 Å². The van der Waals surface area contributed by atoms with E-state index in [2.05, 4.69) is 81.4 Å². The van der Waals surface area contributed by atoms with Crippen LogP contribution in [-0.4, -0.2) is 11.2 Å². The highest BCUT2D eigenvalue weighted by atomic mass is 16.3. The van der Waals surface area contributed by atoms with Crippen LogP contribution in [-0.2, 0) is 0 Å². The zero-order chi connectivity index (χ0) is 16.9. The van der Waals surface area contributed by atoms with Crippen molar-refractivity contribution in [1.82, 2.24) is 0 Å². The molecule has 3 atom stereocenters. The zero-order valence-electron chi connectivity index (χ0n) is 14.8. The van der Waals surface area contributed by atoms with E-state index in [0.29, 0.717) is 5.92 Å². The summed E-state index contributed by atoms with van der Waals surface area (Å²) in [6.45, 7) is 6.96.